The maximum Gasteiger partial charge on any atom is 0.177 e. The third-order valence-electron chi connectivity index (χ3n) is 3.30. The normalized spacial score (nSPS) is 12.7. The summed E-state index contributed by atoms with van der Waals surface area (Å²) >= 11 is 0. The zero-order valence-electron chi connectivity index (χ0n) is 11.8. The Labute approximate surface area is 122 Å². The Morgan fingerprint density at radius 2 is 2.10 bits per heavy atom. The van der Waals surface area contributed by atoms with E-state index in [2.05, 4.69) is 10.1 Å². The molecular formula is C15H15FN4O. The third kappa shape index (κ3) is 3.31. The minimum absolute atomic E-state index is 0.250. The number of hydrogen-bond acceptors (Lipinski definition) is 4. The van der Waals surface area contributed by atoms with E-state index >= 15 is 0 Å². The van der Waals surface area contributed by atoms with Crippen molar-refractivity contribution < 1.29 is 9.18 Å². The highest BCUT2D eigenvalue weighted by molar-refractivity contribution is 5.90. The van der Waals surface area contributed by atoms with Gasteiger partial charge in [-0.15, -0.1) is 0 Å². The van der Waals surface area contributed by atoms with Crippen molar-refractivity contribution in [3.05, 3.63) is 48.3 Å². The van der Waals surface area contributed by atoms with E-state index in [4.69, 9.17) is 5.26 Å². The Balaban J connectivity index is 2.32. The van der Waals surface area contributed by atoms with Crippen LogP contribution >= 0.6 is 0 Å². The van der Waals surface area contributed by atoms with Crippen LogP contribution in [0, 0.1) is 22.6 Å². The van der Waals surface area contributed by atoms with Gasteiger partial charge in [-0.25, -0.2) is 14.1 Å². The quantitative estimate of drug-likeness (QED) is 0.845. The van der Waals surface area contributed by atoms with Crippen molar-refractivity contribution in [3.8, 4) is 6.07 Å². The summed E-state index contributed by atoms with van der Waals surface area (Å²) in [5, 5.41) is 13.1. The Morgan fingerprint density at radius 1 is 1.43 bits per heavy atom. The topological polar surface area (TPSA) is 71.6 Å². The van der Waals surface area contributed by atoms with Crippen LogP contribution in [0.5, 0.6) is 0 Å². The van der Waals surface area contributed by atoms with Gasteiger partial charge in [-0.1, -0.05) is 12.1 Å². The molecule has 1 atom stereocenters. The van der Waals surface area contributed by atoms with Crippen LogP contribution in [0.1, 0.15) is 25.5 Å². The maximum absolute atomic E-state index is 13.0. The van der Waals surface area contributed by atoms with Crippen molar-refractivity contribution in [2.24, 2.45) is 5.41 Å². The monoisotopic (exact) mass is 286 g/mol. The number of Topliss-reactive ketones (excluding diaryl/α,β-unsaturated/α-hetero) is 1. The van der Waals surface area contributed by atoms with Crippen LogP contribution in [0.3, 0.4) is 0 Å². The maximum atomic E-state index is 13.0. The number of hydrogen-bond donors (Lipinski definition) is 0. The zero-order valence-corrected chi connectivity index (χ0v) is 11.8. The van der Waals surface area contributed by atoms with Crippen LogP contribution < -0.4 is 0 Å². The van der Waals surface area contributed by atoms with E-state index in [1.54, 1.807) is 26.0 Å². The second kappa shape index (κ2) is 5.83. The average molecular weight is 286 g/mol. The summed E-state index contributed by atoms with van der Waals surface area (Å²) in [7, 11) is 0. The van der Waals surface area contributed by atoms with Gasteiger partial charge in [-0.3, -0.25) is 4.79 Å². The van der Waals surface area contributed by atoms with Gasteiger partial charge >= 0.3 is 0 Å². The molecule has 0 aliphatic carbocycles. The lowest BCUT2D eigenvalue weighted by Crippen LogP contribution is -2.33. The van der Waals surface area contributed by atoms with Crippen molar-refractivity contribution in [2.75, 3.05) is 0 Å². The molecule has 0 saturated carbocycles. The Kier molecular flexibility index (Phi) is 4.13. The number of carbonyl (C=O) groups excluding carboxylic acids is 1. The highest BCUT2D eigenvalue weighted by Gasteiger charge is 2.35. The van der Waals surface area contributed by atoms with Gasteiger partial charge in [0.1, 0.15) is 29.9 Å². The number of carbonyl (C=O) groups is 1. The van der Waals surface area contributed by atoms with Crippen molar-refractivity contribution in [3.63, 3.8) is 0 Å². The Bertz CT molecular complexity index is 656. The summed E-state index contributed by atoms with van der Waals surface area (Å²) < 4.78 is 14.4. The van der Waals surface area contributed by atoms with E-state index in [1.807, 2.05) is 6.07 Å². The fourth-order valence-corrected chi connectivity index (χ4v) is 2.00. The van der Waals surface area contributed by atoms with E-state index in [9.17, 15) is 9.18 Å². The highest BCUT2D eigenvalue weighted by Crippen LogP contribution is 2.26. The predicted octanol–water partition coefficient (Wildman–Crippen LogP) is 2.32. The van der Waals surface area contributed by atoms with Crippen LogP contribution in [0.2, 0.25) is 0 Å². The summed E-state index contributed by atoms with van der Waals surface area (Å²) in [6.45, 7) is 3.15. The molecule has 5 nitrogen and oxygen atoms in total. The van der Waals surface area contributed by atoms with Crippen molar-refractivity contribution in [1.82, 2.24) is 14.8 Å². The number of nitrogens with zero attached hydrogens (tertiary/aromatic N) is 4. The van der Waals surface area contributed by atoms with E-state index in [0.717, 1.165) is 5.56 Å². The van der Waals surface area contributed by atoms with E-state index in [1.165, 1.54) is 29.5 Å². The molecule has 0 bridgehead atoms. The molecule has 0 spiro atoms. The first-order chi connectivity index (χ1) is 9.94. The summed E-state index contributed by atoms with van der Waals surface area (Å²) in [5.41, 5.74) is -0.338. The van der Waals surface area contributed by atoms with Gasteiger partial charge in [0.15, 0.2) is 5.78 Å². The molecule has 1 unspecified atom stereocenters. The Hall–Kier alpha value is -2.55. The second-order valence-corrected chi connectivity index (χ2v) is 5.32. The van der Waals surface area contributed by atoms with Crippen LogP contribution in [0.4, 0.5) is 4.39 Å². The van der Waals surface area contributed by atoms with E-state index in [-0.39, 0.29) is 11.6 Å². The fraction of sp³-hybridized carbons (Fsp3) is 0.333. The SMILES string of the molecule is CC(C)(C#N)C(=O)C(Cc1ccc(F)cc1)n1cncn1. The van der Waals surface area contributed by atoms with Crippen LogP contribution in [0.15, 0.2) is 36.9 Å². The predicted molar refractivity (Wildman–Crippen MR) is 73.6 cm³/mol. The van der Waals surface area contributed by atoms with Crippen molar-refractivity contribution in [1.29, 1.82) is 5.26 Å². The molecule has 1 aromatic heterocycles. The summed E-state index contributed by atoms with van der Waals surface area (Å²) in [5.74, 6) is -0.584. The van der Waals surface area contributed by atoms with Crippen molar-refractivity contribution >= 4 is 5.78 Å². The minimum Gasteiger partial charge on any atom is -0.295 e. The lowest BCUT2D eigenvalue weighted by atomic mass is 9.84. The molecule has 2 aromatic rings. The first-order valence-corrected chi connectivity index (χ1v) is 6.48. The largest absolute Gasteiger partial charge is 0.295 e. The number of ketones is 1. The van der Waals surface area contributed by atoms with Gasteiger partial charge in [-0.2, -0.15) is 10.4 Å². The Morgan fingerprint density at radius 3 is 2.62 bits per heavy atom. The van der Waals surface area contributed by atoms with Crippen molar-refractivity contribution in [2.45, 2.75) is 26.3 Å². The number of nitriles is 1. The molecular weight excluding hydrogens is 271 g/mol. The summed E-state index contributed by atoms with van der Waals surface area (Å²) in [4.78, 5) is 16.4. The van der Waals surface area contributed by atoms with Gasteiger partial charge in [0.25, 0.3) is 0 Å². The number of rotatable bonds is 5. The molecule has 6 heteroatoms. The third-order valence-corrected chi connectivity index (χ3v) is 3.30. The van der Waals surface area contributed by atoms with Gasteiger partial charge in [0, 0.05) is 6.42 Å². The van der Waals surface area contributed by atoms with E-state index in [0.29, 0.717) is 6.42 Å². The molecule has 108 valence electrons. The molecule has 1 heterocycles. The molecule has 0 amide bonds. The van der Waals surface area contributed by atoms with Gasteiger partial charge in [0.05, 0.1) is 6.07 Å². The molecule has 0 radical (unpaired) electrons. The molecule has 0 saturated heterocycles. The van der Waals surface area contributed by atoms with Crippen LogP contribution in [-0.2, 0) is 11.2 Å². The number of aromatic nitrogens is 3. The minimum atomic E-state index is -1.13. The molecule has 0 fully saturated rings. The zero-order chi connectivity index (χ0) is 15.5. The number of halogens is 1. The lowest BCUT2D eigenvalue weighted by Gasteiger charge is -2.22. The van der Waals surface area contributed by atoms with Crippen LogP contribution in [-0.4, -0.2) is 20.5 Å². The molecule has 2 rings (SSSR count). The smallest absolute Gasteiger partial charge is 0.177 e. The molecule has 21 heavy (non-hydrogen) atoms. The first kappa shape index (κ1) is 14.9. The standard InChI is InChI=1S/C15H15FN4O/c1-15(2,8-17)14(21)13(20-10-18-9-19-20)7-11-3-5-12(16)6-4-11/h3-6,9-10,13H,7H2,1-2H3. The summed E-state index contributed by atoms with van der Waals surface area (Å²) in [6.07, 6.45) is 3.11. The molecule has 0 N–H and O–H groups in total. The van der Waals surface area contributed by atoms with Crippen LogP contribution in [0.25, 0.3) is 0 Å². The van der Waals surface area contributed by atoms with E-state index < -0.39 is 11.5 Å². The molecule has 1 aromatic carbocycles. The molecule has 0 aliphatic rings. The van der Waals surface area contributed by atoms with Gasteiger partial charge in [-0.05, 0) is 31.5 Å². The fourth-order valence-electron chi connectivity index (χ4n) is 2.00. The van der Waals surface area contributed by atoms with Gasteiger partial charge in [0.2, 0.25) is 0 Å². The molecule has 0 aliphatic heterocycles. The lowest BCUT2D eigenvalue weighted by molar-refractivity contribution is -0.128. The first-order valence-electron chi connectivity index (χ1n) is 6.48. The van der Waals surface area contributed by atoms with Gasteiger partial charge < -0.3 is 0 Å². The highest BCUT2D eigenvalue weighted by atomic mass is 19.1. The number of benzene rings is 1. The average Bonchev–Trinajstić information content (AvgIpc) is 3.00. The second-order valence-electron chi connectivity index (χ2n) is 5.32. The summed E-state index contributed by atoms with van der Waals surface area (Å²) in [6, 6.07) is 7.28.